The molecule has 5 aromatic rings. The van der Waals surface area contributed by atoms with Gasteiger partial charge in [0.25, 0.3) is 0 Å². The number of fused-ring (bicyclic) bond motifs is 4. The molecule has 1 aliphatic heterocycles. The number of hydrogen-bond donors (Lipinski definition) is 1. The number of ether oxygens (including phenoxy) is 3. The minimum Gasteiger partial charge on any atom is -0.465 e. The average molecular weight is 470 g/mol. The molecule has 3 aromatic carbocycles. The zero-order chi connectivity index (χ0) is 23.1. The summed E-state index contributed by atoms with van der Waals surface area (Å²) in [7, 11) is 1.37. The van der Waals surface area contributed by atoms with Gasteiger partial charge in [0.2, 0.25) is 6.79 Å². The maximum Gasteiger partial charge on any atom is 0.337 e. The molecule has 34 heavy (non-hydrogen) atoms. The largest absolute Gasteiger partial charge is 0.465 e. The lowest BCUT2D eigenvalue weighted by molar-refractivity contribution is 0.0600. The molecular formula is C26H19N3O4S. The summed E-state index contributed by atoms with van der Waals surface area (Å²) >= 11 is 1.63. The molecule has 0 fully saturated rings. The summed E-state index contributed by atoms with van der Waals surface area (Å²) in [4.78, 5) is 22.4. The van der Waals surface area contributed by atoms with E-state index in [1.165, 1.54) is 7.11 Å². The molecule has 0 unspecified atom stereocenters. The Balaban J connectivity index is 1.41. The van der Waals surface area contributed by atoms with Crippen molar-refractivity contribution in [3.63, 3.8) is 0 Å². The second-order valence-electron chi connectivity index (χ2n) is 7.78. The summed E-state index contributed by atoms with van der Waals surface area (Å²) in [5.41, 5.74) is 2.35. The van der Waals surface area contributed by atoms with Crippen LogP contribution in [0.1, 0.15) is 15.9 Å². The van der Waals surface area contributed by atoms with Gasteiger partial charge in [-0.3, -0.25) is 0 Å². The van der Waals surface area contributed by atoms with Gasteiger partial charge in [0.05, 0.1) is 18.1 Å². The molecule has 168 valence electrons. The van der Waals surface area contributed by atoms with Crippen molar-refractivity contribution in [2.24, 2.45) is 0 Å². The number of anilines is 1. The van der Waals surface area contributed by atoms with Gasteiger partial charge in [-0.15, -0.1) is 11.3 Å². The first-order valence-corrected chi connectivity index (χ1v) is 11.5. The third-order valence-electron chi connectivity index (χ3n) is 5.70. The Bertz CT molecular complexity index is 1550. The van der Waals surface area contributed by atoms with Crippen molar-refractivity contribution < 1.29 is 19.0 Å². The Labute approximate surface area is 198 Å². The van der Waals surface area contributed by atoms with Gasteiger partial charge in [-0.25, -0.2) is 14.8 Å². The number of nitrogens with one attached hydrogen (secondary N) is 1. The molecule has 0 saturated carbocycles. The molecule has 0 spiro atoms. The summed E-state index contributed by atoms with van der Waals surface area (Å²) in [6, 6.07) is 21.3. The van der Waals surface area contributed by atoms with Crippen LogP contribution in [-0.2, 0) is 11.3 Å². The minimum atomic E-state index is -0.376. The van der Waals surface area contributed by atoms with E-state index < -0.39 is 0 Å². The molecule has 0 saturated heterocycles. The van der Waals surface area contributed by atoms with Crippen LogP contribution < -0.4 is 14.8 Å². The molecule has 1 aliphatic rings. The Hall–Kier alpha value is -4.17. The number of hydrogen-bond acceptors (Lipinski definition) is 8. The summed E-state index contributed by atoms with van der Waals surface area (Å²) in [5, 5.41) is 5.62. The van der Waals surface area contributed by atoms with Gasteiger partial charge in [-0.1, -0.05) is 36.4 Å². The molecule has 0 bridgehead atoms. The van der Waals surface area contributed by atoms with Gasteiger partial charge in [0.15, 0.2) is 17.3 Å². The molecule has 0 amide bonds. The van der Waals surface area contributed by atoms with E-state index in [0.29, 0.717) is 17.9 Å². The molecule has 0 radical (unpaired) electrons. The smallest absolute Gasteiger partial charge is 0.337 e. The summed E-state index contributed by atoms with van der Waals surface area (Å²) in [6.45, 7) is 0.811. The highest BCUT2D eigenvalue weighted by Gasteiger charge is 2.17. The third kappa shape index (κ3) is 3.58. The fourth-order valence-electron chi connectivity index (χ4n) is 3.99. The number of aromatic nitrogens is 2. The number of carbonyl (C=O) groups excluding carboxylic acids is 1. The van der Waals surface area contributed by atoms with Gasteiger partial charge in [0, 0.05) is 22.2 Å². The van der Waals surface area contributed by atoms with E-state index in [1.54, 1.807) is 23.5 Å². The fraction of sp³-hybridized carbons (Fsp3) is 0.115. The van der Waals surface area contributed by atoms with E-state index in [9.17, 15) is 4.79 Å². The average Bonchev–Trinajstić information content (AvgIpc) is 3.50. The Morgan fingerprint density at radius 1 is 1.03 bits per heavy atom. The maximum atomic E-state index is 11.8. The van der Waals surface area contributed by atoms with Gasteiger partial charge >= 0.3 is 5.97 Å². The molecule has 2 aromatic heterocycles. The summed E-state index contributed by atoms with van der Waals surface area (Å²) in [6.07, 6.45) is 0. The van der Waals surface area contributed by atoms with Gasteiger partial charge in [-0.2, -0.15) is 0 Å². The predicted molar refractivity (Wildman–Crippen MR) is 132 cm³/mol. The Morgan fingerprint density at radius 3 is 2.71 bits per heavy atom. The van der Waals surface area contributed by atoms with E-state index in [0.717, 1.165) is 48.7 Å². The lowest BCUT2D eigenvalue weighted by Crippen LogP contribution is -2.04. The van der Waals surface area contributed by atoms with Crippen LogP contribution in [0.25, 0.3) is 31.7 Å². The number of carbonyl (C=O) groups is 1. The van der Waals surface area contributed by atoms with E-state index in [4.69, 9.17) is 24.2 Å². The second-order valence-corrected chi connectivity index (χ2v) is 8.81. The summed E-state index contributed by atoms with van der Waals surface area (Å²) < 4.78 is 16.9. The molecule has 6 rings (SSSR count). The third-order valence-corrected chi connectivity index (χ3v) is 6.76. The molecule has 3 heterocycles. The number of rotatable bonds is 5. The van der Waals surface area contributed by atoms with Crippen LogP contribution in [0.15, 0.2) is 66.7 Å². The number of esters is 1. The van der Waals surface area contributed by atoms with Crippen LogP contribution in [0.3, 0.4) is 0 Å². The highest BCUT2D eigenvalue weighted by Crippen LogP contribution is 2.38. The summed E-state index contributed by atoms with van der Waals surface area (Å²) in [5.74, 6) is 2.48. The predicted octanol–water partition coefficient (Wildman–Crippen LogP) is 5.64. The van der Waals surface area contributed by atoms with E-state index >= 15 is 0 Å². The lowest BCUT2D eigenvalue weighted by atomic mass is 10.1. The van der Waals surface area contributed by atoms with E-state index in [-0.39, 0.29) is 12.8 Å². The van der Waals surface area contributed by atoms with Crippen LogP contribution in [-0.4, -0.2) is 29.8 Å². The van der Waals surface area contributed by atoms with Crippen LogP contribution >= 0.6 is 11.3 Å². The topological polar surface area (TPSA) is 82.6 Å². The first kappa shape index (κ1) is 20.4. The van der Waals surface area contributed by atoms with Crippen LogP contribution in [0, 0.1) is 0 Å². The van der Waals surface area contributed by atoms with Crippen molar-refractivity contribution >= 4 is 43.4 Å². The first-order chi connectivity index (χ1) is 16.7. The number of methoxy groups -OCH3 is 1. The Kier molecular flexibility index (Phi) is 5.00. The Morgan fingerprint density at radius 2 is 1.85 bits per heavy atom. The van der Waals surface area contributed by atoms with E-state index in [1.807, 2.05) is 42.5 Å². The standard InChI is InChI=1S/C26H19N3O4S/c1-31-26(30)17-9-7-16(8-10-17)23-28-24(22-18-4-2-3-5-21(18)34-25(22)29-23)27-13-15-6-11-19-20(12-15)33-14-32-19/h2-12H,13-14H2,1H3,(H,27,28,29). The van der Waals surface area contributed by atoms with Crippen molar-refractivity contribution in [1.82, 2.24) is 9.97 Å². The van der Waals surface area contributed by atoms with Crippen molar-refractivity contribution in [3.05, 3.63) is 77.9 Å². The van der Waals surface area contributed by atoms with Gasteiger partial charge < -0.3 is 19.5 Å². The number of nitrogens with zero attached hydrogens (tertiary/aromatic N) is 2. The molecule has 0 atom stereocenters. The van der Waals surface area contributed by atoms with Crippen molar-refractivity contribution in [2.45, 2.75) is 6.54 Å². The molecule has 7 nitrogen and oxygen atoms in total. The van der Waals surface area contributed by atoms with Crippen LogP contribution in [0.4, 0.5) is 5.82 Å². The normalized spacial score (nSPS) is 12.3. The molecular weight excluding hydrogens is 450 g/mol. The molecule has 8 heteroatoms. The van der Waals surface area contributed by atoms with Crippen molar-refractivity contribution in [3.8, 4) is 22.9 Å². The number of benzene rings is 3. The fourth-order valence-corrected chi connectivity index (χ4v) is 5.07. The van der Waals surface area contributed by atoms with Crippen molar-refractivity contribution in [2.75, 3.05) is 19.2 Å². The van der Waals surface area contributed by atoms with Gasteiger partial charge in [0.1, 0.15) is 10.6 Å². The van der Waals surface area contributed by atoms with Crippen LogP contribution in [0.5, 0.6) is 11.5 Å². The number of thiophene rings is 1. The van der Waals surface area contributed by atoms with Crippen LogP contribution in [0.2, 0.25) is 0 Å². The van der Waals surface area contributed by atoms with E-state index in [2.05, 4.69) is 17.4 Å². The highest BCUT2D eigenvalue weighted by molar-refractivity contribution is 7.25. The quantitative estimate of drug-likeness (QED) is 0.334. The zero-order valence-corrected chi connectivity index (χ0v) is 19.0. The highest BCUT2D eigenvalue weighted by atomic mass is 32.1. The van der Waals surface area contributed by atoms with Gasteiger partial charge in [-0.05, 0) is 35.9 Å². The second kappa shape index (κ2) is 8.31. The molecule has 1 N–H and O–H groups in total. The lowest BCUT2D eigenvalue weighted by Gasteiger charge is -2.10. The van der Waals surface area contributed by atoms with Crippen molar-refractivity contribution in [1.29, 1.82) is 0 Å². The SMILES string of the molecule is COC(=O)c1ccc(-c2nc(NCc3ccc4c(c3)OCO4)c3c(n2)sc2ccccc23)cc1. The maximum absolute atomic E-state index is 11.8. The minimum absolute atomic E-state index is 0.248. The monoisotopic (exact) mass is 469 g/mol. The first-order valence-electron chi connectivity index (χ1n) is 10.7. The molecule has 0 aliphatic carbocycles. The zero-order valence-electron chi connectivity index (χ0n) is 18.2.